The van der Waals surface area contributed by atoms with E-state index in [9.17, 15) is 4.79 Å². The molecule has 35 heavy (non-hydrogen) atoms. The van der Waals surface area contributed by atoms with Gasteiger partial charge in [0.05, 0.1) is 17.6 Å². The molecule has 0 fully saturated rings. The number of fused-ring (bicyclic) bond motifs is 3. The Morgan fingerprint density at radius 2 is 1.83 bits per heavy atom. The molecule has 3 heterocycles. The molecule has 0 unspecified atom stereocenters. The van der Waals surface area contributed by atoms with Crippen molar-refractivity contribution in [1.82, 2.24) is 19.7 Å². The van der Waals surface area contributed by atoms with Crippen molar-refractivity contribution in [3.63, 3.8) is 0 Å². The lowest BCUT2D eigenvalue weighted by Gasteiger charge is -2.26. The number of benzene rings is 3. The third-order valence-corrected chi connectivity index (χ3v) is 6.78. The van der Waals surface area contributed by atoms with Crippen LogP contribution in [0, 0.1) is 6.92 Å². The lowest BCUT2D eigenvalue weighted by Crippen LogP contribution is -2.19. The fourth-order valence-corrected chi connectivity index (χ4v) is 5.17. The van der Waals surface area contributed by atoms with Crippen molar-refractivity contribution in [2.24, 2.45) is 0 Å². The molecule has 176 valence electrons. The third-order valence-electron chi connectivity index (χ3n) is 6.78. The van der Waals surface area contributed by atoms with Crippen LogP contribution < -0.4 is 10.7 Å². The maximum Gasteiger partial charge on any atom is 0.438 e. The monoisotopic (exact) mass is 465 g/mol. The van der Waals surface area contributed by atoms with Crippen LogP contribution in [0.3, 0.4) is 0 Å². The minimum absolute atomic E-state index is 0.420. The summed E-state index contributed by atoms with van der Waals surface area (Å²) in [5.41, 5.74) is 9.28. The van der Waals surface area contributed by atoms with E-state index in [1.54, 1.807) is 0 Å². The van der Waals surface area contributed by atoms with Gasteiger partial charge in [-0.2, -0.15) is 0 Å². The summed E-state index contributed by atoms with van der Waals surface area (Å²) in [6, 6.07) is 21.5. The number of hydrogen-bond acceptors (Lipinski definition) is 5. The number of H-pyrrole nitrogens is 1. The average molecular weight is 466 g/mol. The first-order chi connectivity index (χ1) is 17.1. The molecule has 0 saturated carbocycles. The Morgan fingerprint density at radius 1 is 1.00 bits per heavy atom. The van der Waals surface area contributed by atoms with Crippen LogP contribution in [0.25, 0.3) is 16.7 Å². The van der Waals surface area contributed by atoms with E-state index in [0.717, 1.165) is 59.6 Å². The van der Waals surface area contributed by atoms with E-state index in [-0.39, 0.29) is 0 Å². The van der Waals surface area contributed by atoms with Crippen LogP contribution in [0.5, 0.6) is 0 Å². The van der Waals surface area contributed by atoms with E-state index >= 15 is 0 Å². The first-order valence-corrected chi connectivity index (χ1v) is 12.1. The fourth-order valence-electron chi connectivity index (χ4n) is 5.17. The molecule has 7 nitrogen and oxygen atoms in total. The summed E-state index contributed by atoms with van der Waals surface area (Å²) in [5, 5.41) is 3.92. The van der Waals surface area contributed by atoms with Crippen LogP contribution in [-0.2, 0) is 25.8 Å². The van der Waals surface area contributed by atoms with Crippen LogP contribution in [0.1, 0.15) is 41.7 Å². The molecule has 2 aromatic heterocycles. The molecule has 0 aliphatic carbocycles. The lowest BCUT2D eigenvalue weighted by molar-refractivity contribution is 0.381. The van der Waals surface area contributed by atoms with Gasteiger partial charge in [-0.3, -0.25) is 14.1 Å². The highest BCUT2D eigenvalue weighted by atomic mass is 16.5. The maximum absolute atomic E-state index is 11.6. The van der Waals surface area contributed by atoms with Gasteiger partial charge in [0.1, 0.15) is 5.82 Å². The van der Waals surface area contributed by atoms with Gasteiger partial charge in [-0.15, -0.1) is 0 Å². The average Bonchev–Trinajstić information content (AvgIpc) is 3.41. The summed E-state index contributed by atoms with van der Waals surface area (Å²) in [7, 11) is 0. The van der Waals surface area contributed by atoms with Crippen LogP contribution in [0.2, 0.25) is 0 Å². The van der Waals surface area contributed by atoms with Gasteiger partial charge in [0, 0.05) is 23.5 Å². The second kappa shape index (κ2) is 8.58. The van der Waals surface area contributed by atoms with Gasteiger partial charge in [0.25, 0.3) is 0 Å². The zero-order valence-corrected chi connectivity index (χ0v) is 19.9. The standard InChI is InChI=1S/C28H27N5O2/c1-3-7-26-30-27-18(2)8-6-11-24(27)33(26)21-14-15-23-20(16-21)13-12-19-9-4-5-10-22(19)32(23)17-25-29-28(34)35-31-25/h4-6,8-11,14-16H,3,7,12-13,17H2,1-2H3,(H,29,31,34). The van der Waals surface area contributed by atoms with Crippen LogP contribution in [0.4, 0.5) is 11.4 Å². The van der Waals surface area contributed by atoms with Gasteiger partial charge in [-0.25, -0.2) is 9.78 Å². The van der Waals surface area contributed by atoms with Crippen molar-refractivity contribution in [3.8, 4) is 5.69 Å². The molecular weight excluding hydrogens is 438 g/mol. The molecule has 0 saturated heterocycles. The minimum Gasteiger partial charge on any atom is -0.333 e. The third kappa shape index (κ3) is 3.73. The van der Waals surface area contributed by atoms with E-state index < -0.39 is 5.76 Å². The molecule has 1 aliphatic heterocycles. The molecule has 0 radical (unpaired) electrons. The summed E-state index contributed by atoms with van der Waals surface area (Å²) in [6.45, 7) is 4.73. The summed E-state index contributed by atoms with van der Waals surface area (Å²) < 4.78 is 7.08. The highest BCUT2D eigenvalue weighted by Crippen LogP contribution is 2.38. The van der Waals surface area contributed by atoms with Crippen molar-refractivity contribution < 1.29 is 4.52 Å². The Morgan fingerprint density at radius 3 is 2.66 bits per heavy atom. The zero-order chi connectivity index (χ0) is 23.9. The second-order valence-electron chi connectivity index (χ2n) is 9.13. The smallest absolute Gasteiger partial charge is 0.333 e. The molecule has 0 amide bonds. The normalized spacial score (nSPS) is 13.0. The van der Waals surface area contributed by atoms with Gasteiger partial charge in [0.15, 0.2) is 5.82 Å². The first kappa shape index (κ1) is 21.4. The first-order valence-electron chi connectivity index (χ1n) is 12.1. The van der Waals surface area contributed by atoms with Crippen LogP contribution in [-0.4, -0.2) is 19.7 Å². The number of rotatable bonds is 5. The Bertz CT molecular complexity index is 1590. The predicted octanol–water partition coefficient (Wildman–Crippen LogP) is 5.40. The Balaban J connectivity index is 1.50. The van der Waals surface area contributed by atoms with E-state index in [1.807, 2.05) is 6.07 Å². The number of aromatic nitrogens is 4. The second-order valence-corrected chi connectivity index (χ2v) is 9.13. The van der Waals surface area contributed by atoms with Crippen molar-refractivity contribution in [3.05, 3.63) is 99.6 Å². The summed E-state index contributed by atoms with van der Waals surface area (Å²) in [4.78, 5) is 21.5. The van der Waals surface area contributed by atoms with Crippen molar-refractivity contribution in [2.45, 2.75) is 46.1 Å². The van der Waals surface area contributed by atoms with Gasteiger partial charge in [-0.05, 0) is 73.2 Å². The van der Waals surface area contributed by atoms with Crippen molar-refractivity contribution >= 4 is 22.4 Å². The topological polar surface area (TPSA) is 79.9 Å². The quantitative estimate of drug-likeness (QED) is 0.376. The summed E-state index contributed by atoms with van der Waals surface area (Å²) in [6.07, 6.45) is 3.81. The fraction of sp³-hybridized carbons (Fsp3) is 0.250. The van der Waals surface area contributed by atoms with Gasteiger partial charge in [0.2, 0.25) is 0 Å². The van der Waals surface area contributed by atoms with E-state index in [0.29, 0.717) is 12.4 Å². The number of nitrogens with one attached hydrogen (secondary N) is 1. The highest BCUT2D eigenvalue weighted by molar-refractivity contribution is 5.82. The van der Waals surface area contributed by atoms with Gasteiger partial charge >= 0.3 is 5.76 Å². The van der Waals surface area contributed by atoms with Gasteiger partial charge < -0.3 is 4.90 Å². The van der Waals surface area contributed by atoms with Crippen molar-refractivity contribution in [2.75, 3.05) is 4.90 Å². The molecule has 3 aromatic carbocycles. The Hall–Kier alpha value is -4.13. The molecule has 0 atom stereocenters. The molecule has 1 N–H and O–H groups in total. The summed E-state index contributed by atoms with van der Waals surface area (Å²) >= 11 is 0. The molecule has 0 spiro atoms. The number of anilines is 2. The predicted molar refractivity (Wildman–Crippen MR) is 137 cm³/mol. The SMILES string of the molecule is CCCc1nc2c(C)cccc2n1-c1ccc2c(c1)CCc1ccccc1N2Cc1noc(=O)[nH]1. The Labute approximate surface area is 203 Å². The summed E-state index contributed by atoms with van der Waals surface area (Å²) in [5.74, 6) is 1.05. The largest absolute Gasteiger partial charge is 0.438 e. The molecule has 7 heteroatoms. The van der Waals surface area contributed by atoms with Crippen LogP contribution in [0.15, 0.2) is 70.0 Å². The molecule has 0 bridgehead atoms. The minimum atomic E-state index is -0.538. The number of imidazole rings is 1. The molecule has 5 aromatic rings. The van der Waals surface area contributed by atoms with E-state index in [4.69, 9.17) is 9.51 Å². The number of para-hydroxylation sites is 2. The lowest BCUT2D eigenvalue weighted by atomic mass is 10.0. The number of aromatic amines is 1. The Kier molecular flexibility index (Phi) is 5.25. The van der Waals surface area contributed by atoms with E-state index in [2.05, 4.69) is 88.1 Å². The molecular formula is C28H27N5O2. The van der Waals surface area contributed by atoms with Crippen molar-refractivity contribution in [1.29, 1.82) is 0 Å². The maximum atomic E-state index is 11.6. The number of aryl methyl sites for hydroxylation is 4. The number of nitrogens with zero attached hydrogens (tertiary/aromatic N) is 4. The van der Waals surface area contributed by atoms with Crippen LogP contribution >= 0.6 is 0 Å². The van der Waals surface area contributed by atoms with Gasteiger partial charge in [-0.1, -0.05) is 42.4 Å². The van der Waals surface area contributed by atoms with E-state index in [1.165, 1.54) is 16.7 Å². The highest BCUT2D eigenvalue weighted by Gasteiger charge is 2.23. The zero-order valence-electron chi connectivity index (χ0n) is 19.9. The molecule has 1 aliphatic rings. The molecule has 6 rings (SSSR count). The number of hydrogen-bond donors (Lipinski definition) is 1.